The van der Waals surface area contributed by atoms with E-state index in [0.29, 0.717) is 11.1 Å². The van der Waals surface area contributed by atoms with Crippen molar-refractivity contribution in [2.24, 2.45) is 5.73 Å². The Labute approximate surface area is 235 Å². The zero-order valence-electron chi connectivity index (χ0n) is 22.0. The fraction of sp³-hybridized carbons (Fsp3) is 0.156. The fourth-order valence-corrected chi connectivity index (χ4v) is 9.45. The van der Waals surface area contributed by atoms with Crippen LogP contribution in [0.15, 0.2) is 130 Å². The third kappa shape index (κ3) is 4.14. The van der Waals surface area contributed by atoms with Gasteiger partial charge in [-0.1, -0.05) is 96.1 Å². The molecule has 8 heteroatoms. The number of nitrogens with two attached hydrogens (primary N) is 1. The molecule has 0 fully saturated rings. The van der Waals surface area contributed by atoms with Gasteiger partial charge in [-0.05, 0) is 49.2 Å². The minimum absolute atomic E-state index is 0.0291. The van der Waals surface area contributed by atoms with Crippen LogP contribution < -0.4 is 5.73 Å². The predicted octanol–water partition coefficient (Wildman–Crippen LogP) is 5.56. The summed E-state index contributed by atoms with van der Waals surface area (Å²) in [7, 11) is -8.87. The molecule has 4 aromatic carbocycles. The quantitative estimate of drug-likeness (QED) is 0.325. The van der Waals surface area contributed by atoms with Gasteiger partial charge in [0.2, 0.25) is 24.4 Å². The molecule has 0 aliphatic heterocycles. The SMILES string of the molecule is Cc1ccc([C@@H]2C(S(=O)(=O)c3ccccc3)=C(N)[C@](C#N)(S(=O)(=O)c3ccccc3)[C@H]2c2ccc(C)cc2)cc1. The van der Waals surface area contributed by atoms with Gasteiger partial charge < -0.3 is 5.73 Å². The second kappa shape index (κ2) is 10.1. The Balaban J connectivity index is 1.94. The van der Waals surface area contributed by atoms with Crippen LogP contribution in [0, 0.1) is 25.2 Å². The van der Waals surface area contributed by atoms with E-state index in [-0.39, 0.29) is 14.7 Å². The molecule has 0 unspecified atom stereocenters. The lowest BCUT2D eigenvalue weighted by atomic mass is 9.78. The number of aryl methyl sites for hydroxylation is 2. The molecule has 0 aromatic heterocycles. The van der Waals surface area contributed by atoms with Gasteiger partial charge in [0.1, 0.15) is 0 Å². The molecule has 0 bridgehead atoms. The minimum atomic E-state index is -4.54. The smallest absolute Gasteiger partial charge is 0.210 e. The summed E-state index contributed by atoms with van der Waals surface area (Å²) in [5.41, 5.74) is 9.18. The molecule has 2 N–H and O–H groups in total. The number of rotatable bonds is 6. The highest BCUT2D eigenvalue weighted by Gasteiger charge is 2.65. The van der Waals surface area contributed by atoms with E-state index in [2.05, 4.69) is 6.07 Å². The summed E-state index contributed by atoms with van der Waals surface area (Å²) in [6, 6.07) is 31.8. The fourth-order valence-electron chi connectivity index (χ4n) is 5.55. The lowest BCUT2D eigenvalue weighted by molar-refractivity contribution is 0.527. The second-order valence-corrected chi connectivity index (χ2v) is 14.1. The Bertz CT molecular complexity index is 1840. The third-order valence-electron chi connectivity index (χ3n) is 7.58. The second-order valence-electron chi connectivity index (χ2n) is 10.0. The van der Waals surface area contributed by atoms with Crippen molar-refractivity contribution in [1.82, 2.24) is 0 Å². The molecule has 4 aromatic rings. The van der Waals surface area contributed by atoms with E-state index >= 15 is 0 Å². The van der Waals surface area contributed by atoms with Gasteiger partial charge in [-0.15, -0.1) is 0 Å². The first-order chi connectivity index (χ1) is 19.1. The topological polar surface area (TPSA) is 118 Å². The molecule has 1 aliphatic carbocycles. The van der Waals surface area contributed by atoms with Gasteiger partial charge in [0.25, 0.3) is 0 Å². The Morgan fingerprint density at radius 2 is 1.12 bits per heavy atom. The first-order valence-corrected chi connectivity index (χ1v) is 15.7. The monoisotopic (exact) mass is 568 g/mol. The summed E-state index contributed by atoms with van der Waals surface area (Å²) in [6.45, 7) is 3.80. The van der Waals surface area contributed by atoms with E-state index in [1.807, 2.05) is 38.1 Å². The van der Waals surface area contributed by atoms with E-state index in [0.717, 1.165) is 11.1 Å². The number of allylic oxidation sites excluding steroid dienone is 1. The van der Waals surface area contributed by atoms with E-state index in [4.69, 9.17) is 5.73 Å². The van der Waals surface area contributed by atoms with Crippen LogP contribution in [-0.4, -0.2) is 21.6 Å². The summed E-state index contributed by atoms with van der Waals surface area (Å²) >= 11 is 0. The third-order valence-corrected chi connectivity index (χ3v) is 11.8. The standard InChI is InChI=1S/C32H28N2O4S2/c1-22-13-17-24(18-14-22)28-29(25-19-15-23(2)16-20-25)32(21-33,40(37,38)27-11-7-4-8-12-27)31(34)30(28)39(35,36)26-9-5-3-6-10-26/h3-20,28-29H,34H2,1-2H3/t28-,29-,32+/m0/s1. The van der Waals surface area contributed by atoms with Crippen molar-refractivity contribution >= 4 is 19.7 Å². The van der Waals surface area contributed by atoms with E-state index < -0.39 is 42.0 Å². The van der Waals surface area contributed by atoms with Crippen molar-refractivity contribution < 1.29 is 16.8 Å². The predicted molar refractivity (Wildman–Crippen MR) is 155 cm³/mol. The number of nitrogens with zero attached hydrogens (tertiary/aromatic N) is 1. The normalized spacial score (nSPS) is 21.2. The van der Waals surface area contributed by atoms with E-state index in [1.165, 1.54) is 24.3 Å². The maximum atomic E-state index is 14.6. The van der Waals surface area contributed by atoms with Crippen molar-refractivity contribution in [2.75, 3.05) is 0 Å². The maximum absolute atomic E-state index is 14.6. The molecule has 0 spiro atoms. The van der Waals surface area contributed by atoms with Crippen LogP contribution in [0.1, 0.15) is 34.1 Å². The van der Waals surface area contributed by atoms with Crippen molar-refractivity contribution in [1.29, 1.82) is 5.26 Å². The molecule has 0 saturated heterocycles. The molecule has 0 saturated carbocycles. The molecule has 3 atom stereocenters. The molecule has 0 heterocycles. The molecule has 6 nitrogen and oxygen atoms in total. The van der Waals surface area contributed by atoms with Crippen LogP contribution in [0.3, 0.4) is 0 Å². The van der Waals surface area contributed by atoms with Gasteiger partial charge >= 0.3 is 0 Å². The van der Waals surface area contributed by atoms with Crippen molar-refractivity contribution in [2.45, 2.75) is 40.2 Å². The Kier molecular flexibility index (Phi) is 6.90. The average Bonchev–Trinajstić information content (AvgIpc) is 3.25. The first-order valence-electron chi connectivity index (χ1n) is 12.7. The lowest BCUT2D eigenvalue weighted by Gasteiger charge is -2.33. The lowest BCUT2D eigenvalue weighted by Crippen LogP contribution is -2.45. The number of sulfone groups is 2. The van der Waals surface area contributed by atoms with Crippen LogP contribution >= 0.6 is 0 Å². The van der Waals surface area contributed by atoms with E-state index in [1.54, 1.807) is 60.7 Å². The van der Waals surface area contributed by atoms with Gasteiger partial charge in [-0.25, -0.2) is 16.8 Å². The molecule has 1 aliphatic rings. The molecule has 202 valence electrons. The summed E-state index contributed by atoms with van der Waals surface area (Å²) in [6.07, 6.45) is 0. The van der Waals surface area contributed by atoms with E-state index in [9.17, 15) is 22.1 Å². The van der Waals surface area contributed by atoms with Gasteiger partial charge in [0, 0.05) is 11.8 Å². The molecule has 5 rings (SSSR count). The molecular weight excluding hydrogens is 540 g/mol. The Morgan fingerprint density at radius 3 is 1.60 bits per heavy atom. The molecule has 40 heavy (non-hydrogen) atoms. The van der Waals surface area contributed by atoms with Gasteiger partial charge in [0.05, 0.1) is 26.5 Å². The Hall–Kier alpha value is -4.19. The summed E-state index contributed by atoms with van der Waals surface area (Å²) in [5, 5.41) is 10.9. The number of nitriles is 1. The highest BCUT2D eigenvalue weighted by molar-refractivity contribution is 7.96. The average molecular weight is 569 g/mol. The van der Waals surface area contributed by atoms with Crippen LogP contribution in [-0.2, 0) is 19.7 Å². The van der Waals surface area contributed by atoms with Crippen LogP contribution in [0.4, 0.5) is 0 Å². The summed E-state index contributed by atoms with van der Waals surface area (Å²) < 4.78 is 55.4. The van der Waals surface area contributed by atoms with Gasteiger partial charge in [0.15, 0.2) is 0 Å². The largest absolute Gasteiger partial charge is 0.399 e. The highest BCUT2D eigenvalue weighted by atomic mass is 32.2. The van der Waals surface area contributed by atoms with Crippen LogP contribution in [0.25, 0.3) is 0 Å². The zero-order chi connectivity index (χ0) is 28.7. The van der Waals surface area contributed by atoms with Crippen LogP contribution in [0.5, 0.6) is 0 Å². The number of hydrogen-bond donors (Lipinski definition) is 1. The van der Waals surface area contributed by atoms with Crippen LogP contribution in [0.2, 0.25) is 0 Å². The molecule has 0 amide bonds. The maximum Gasteiger partial charge on any atom is 0.210 e. The minimum Gasteiger partial charge on any atom is -0.399 e. The van der Waals surface area contributed by atoms with Crippen molar-refractivity contribution in [3.8, 4) is 6.07 Å². The van der Waals surface area contributed by atoms with Gasteiger partial charge in [-0.3, -0.25) is 0 Å². The summed E-state index contributed by atoms with van der Waals surface area (Å²) in [5.74, 6) is -2.20. The Morgan fingerprint density at radius 1 is 0.675 bits per heavy atom. The zero-order valence-corrected chi connectivity index (χ0v) is 23.7. The number of hydrogen-bond acceptors (Lipinski definition) is 6. The highest BCUT2D eigenvalue weighted by Crippen LogP contribution is 2.60. The first kappa shape index (κ1) is 27.4. The molecular formula is C32H28N2O4S2. The summed E-state index contributed by atoms with van der Waals surface area (Å²) in [4.78, 5) is -0.412. The number of benzene rings is 4. The van der Waals surface area contributed by atoms with Gasteiger partial charge in [-0.2, -0.15) is 5.26 Å². The van der Waals surface area contributed by atoms with Crippen molar-refractivity contribution in [3.63, 3.8) is 0 Å². The molecule has 0 radical (unpaired) electrons. The van der Waals surface area contributed by atoms with Crippen molar-refractivity contribution in [3.05, 3.63) is 142 Å².